The van der Waals surface area contributed by atoms with E-state index in [4.69, 9.17) is 0 Å². The van der Waals surface area contributed by atoms with Crippen LogP contribution in [0.1, 0.15) is 46.6 Å². The molecule has 0 bridgehead atoms. The van der Waals surface area contributed by atoms with Crippen molar-refractivity contribution in [1.29, 1.82) is 0 Å². The van der Waals surface area contributed by atoms with Crippen LogP contribution in [0.5, 0.6) is 0 Å². The molecule has 1 N–H and O–H groups in total. The van der Waals surface area contributed by atoms with Gasteiger partial charge in [0, 0.05) is 44.5 Å². The average Bonchev–Trinajstić information content (AvgIpc) is 3.50. The zero-order chi connectivity index (χ0) is 20.3. The fourth-order valence-electron chi connectivity index (χ4n) is 4.18. The SMILES string of the molecule is O=C(NCCc1ccccn1)c1nnc2n1CCN(CC1CC1)[C@@H]2c1ccccc1. The van der Waals surface area contributed by atoms with Crippen molar-refractivity contribution >= 4 is 5.91 Å². The molecule has 0 saturated heterocycles. The zero-order valence-electron chi connectivity index (χ0n) is 16.9. The van der Waals surface area contributed by atoms with E-state index in [0.29, 0.717) is 18.8 Å². The van der Waals surface area contributed by atoms with Gasteiger partial charge in [0.1, 0.15) is 0 Å². The molecule has 0 radical (unpaired) electrons. The lowest BCUT2D eigenvalue weighted by atomic mass is 10.0. The van der Waals surface area contributed by atoms with E-state index >= 15 is 0 Å². The lowest BCUT2D eigenvalue weighted by molar-refractivity contribution is 0.0932. The Bertz CT molecular complexity index is 999. The summed E-state index contributed by atoms with van der Waals surface area (Å²) in [7, 11) is 0. The summed E-state index contributed by atoms with van der Waals surface area (Å²) in [6, 6.07) is 16.3. The number of hydrogen-bond acceptors (Lipinski definition) is 5. The third-order valence-electron chi connectivity index (χ3n) is 5.90. The Hall–Kier alpha value is -3.06. The minimum absolute atomic E-state index is 0.0446. The highest BCUT2D eigenvalue weighted by Crippen LogP contribution is 2.36. The summed E-state index contributed by atoms with van der Waals surface area (Å²) >= 11 is 0. The number of pyridine rings is 1. The van der Waals surface area contributed by atoms with Gasteiger partial charge in [-0.2, -0.15) is 0 Å². The number of fused-ring (bicyclic) bond motifs is 1. The van der Waals surface area contributed by atoms with Crippen LogP contribution >= 0.6 is 0 Å². The number of rotatable bonds is 7. The number of aromatic nitrogens is 4. The second kappa shape index (κ2) is 8.36. The summed E-state index contributed by atoms with van der Waals surface area (Å²) in [4.78, 5) is 19.6. The molecular weight excluding hydrogens is 376 g/mol. The molecule has 2 aromatic heterocycles. The van der Waals surface area contributed by atoms with Crippen LogP contribution in [-0.2, 0) is 13.0 Å². The number of nitrogens with one attached hydrogen (secondary N) is 1. The standard InChI is InChI=1S/C23H26N6O/c30-23(25-13-11-19-8-4-5-12-24-19)22-27-26-21-20(18-6-2-1-3-7-18)28(14-15-29(21)22)16-17-9-10-17/h1-8,12,17,20H,9-11,13-16H2,(H,25,30)/t20-/m1/s1. The number of carbonyl (C=O) groups excluding carboxylic acids is 1. The van der Waals surface area contributed by atoms with E-state index < -0.39 is 0 Å². The van der Waals surface area contributed by atoms with Crippen LogP contribution in [0.25, 0.3) is 0 Å². The van der Waals surface area contributed by atoms with E-state index in [1.165, 1.54) is 18.4 Å². The highest BCUT2D eigenvalue weighted by molar-refractivity contribution is 5.90. The molecule has 3 heterocycles. The molecule has 1 atom stereocenters. The predicted octanol–water partition coefficient (Wildman–Crippen LogP) is 2.46. The maximum atomic E-state index is 12.8. The van der Waals surface area contributed by atoms with Crippen molar-refractivity contribution in [3.05, 3.63) is 77.6 Å². The van der Waals surface area contributed by atoms with Crippen molar-refractivity contribution < 1.29 is 4.79 Å². The number of carbonyl (C=O) groups is 1. The monoisotopic (exact) mass is 402 g/mol. The van der Waals surface area contributed by atoms with Crippen molar-refractivity contribution in [2.45, 2.75) is 31.8 Å². The van der Waals surface area contributed by atoms with Gasteiger partial charge in [0.05, 0.1) is 6.04 Å². The van der Waals surface area contributed by atoms with Gasteiger partial charge in [0.25, 0.3) is 5.91 Å². The van der Waals surface area contributed by atoms with Gasteiger partial charge in [-0.05, 0) is 36.5 Å². The van der Waals surface area contributed by atoms with Gasteiger partial charge in [-0.3, -0.25) is 14.7 Å². The lowest BCUT2D eigenvalue weighted by Gasteiger charge is -2.36. The summed E-state index contributed by atoms with van der Waals surface area (Å²) < 4.78 is 2.00. The van der Waals surface area contributed by atoms with Crippen LogP contribution in [0.2, 0.25) is 0 Å². The number of benzene rings is 1. The highest BCUT2D eigenvalue weighted by atomic mass is 16.2. The largest absolute Gasteiger partial charge is 0.349 e. The molecule has 3 aromatic rings. The molecule has 1 fully saturated rings. The van der Waals surface area contributed by atoms with Crippen LogP contribution in [0, 0.1) is 5.92 Å². The Labute approximate surface area is 176 Å². The molecule has 7 nitrogen and oxygen atoms in total. The Morgan fingerprint density at radius 3 is 2.63 bits per heavy atom. The molecule has 1 aliphatic heterocycles. The van der Waals surface area contributed by atoms with E-state index in [1.807, 2.05) is 28.8 Å². The van der Waals surface area contributed by atoms with Gasteiger partial charge >= 0.3 is 0 Å². The molecule has 154 valence electrons. The summed E-state index contributed by atoms with van der Waals surface area (Å²) in [5, 5.41) is 11.7. The first-order valence-electron chi connectivity index (χ1n) is 10.7. The van der Waals surface area contributed by atoms with E-state index in [1.54, 1.807) is 6.20 Å². The van der Waals surface area contributed by atoms with Crippen LogP contribution < -0.4 is 5.32 Å². The van der Waals surface area contributed by atoms with Crippen molar-refractivity contribution in [2.24, 2.45) is 5.92 Å². The molecule has 2 aliphatic rings. The van der Waals surface area contributed by atoms with Gasteiger partial charge in [-0.15, -0.1) is 10.2 Å². The third kappa shape index (κ3) is 3.98. The molecule has 1 aromatic carbocycles. The first-order valence-corrected chi connectivity index (χ1v) is 10.7. The Kier molecular flexibility index (Phi) is 5.27. The van der Waals surface area contributed by atoms with Crippen LogP contribution in [0.15, 0.2) is 54.7 Å². The van der Waals surface area contributed by atoms with Gasteiger partial charge in [0.2, 0.25) is 5.82 Å². The average molecular weight is 403 g/mol. The lowest BCUT2D eigenvalue weighted by Crippen LogP contribution is -2.41. The number of nitrogens with zero attached hydrogens (tertiary/aromatic N) is 5. The minimum Gasteiger partial charge on any atom is -0.349 e. The molecule has 30 heavy (non-hydrogen) atoms. The smallest absolute Gasteiger partial charge is 0.289 e. The fraction of sp³-hybridized carbons (Fsp3) is 0.391. The van der Waals surface area contributed by atoms with Gasteiger partial charge in [0.15, 0.2) is 5.82 Å². The number of amides is 1. The number of hydrogen-bond donors (Lipinski definition) is 1. The van der Waals surface area contributed by atoms with E-state index in [-0.39, 0.29) is 11.9 Å². The fourth-order valence-corrected chi connectivity index (χ4v) is 4.18. The van der Waals surface area contributed by atoms with E-state index in [0.717, 1.165) is 37.1 Å². The van der Waals surface area contributed by atoms with Crippen molar-refractivity contribution in [2.75, 3.05) is 19.6 Å². The molecule has 0 spiro atoms. The highest BCUT2D eigenvalue weighted by Gasteiger charge is 2.36. The second-order valence-electron chi connectivity index (χ2n) is 8.11. The first-order chi connectivity index (χ1) is 14.8. The van der Waals surface area contributed by atoms with Crippen LogP contribution in [0.3, 0.4) is 0 Å². The summed E-state index contributed by atoms with van der Waals surface area (Å²) in [5.41, 5.74) is 2.16. The summed E-state index contributed by atoms with van der Waals surface area (Å²) in [6.45, 7) is 3.24. The molecular formula is C23H26N6O. The Balaban J connectivity index is 1.34. The first kappa shape index (κ1) is 18.9. The maximum Gasteiger partial charge on any atom is 0.289 e. The molecule has 0 unspecified atom stereocenters. The third-order valence-corrected chi connectivity index (χ3v) is 5.90. The molecule has 1 saturated carbocycles. The van der Waals surface area contributed by atoms with Gasteiger partial charge in [-0.25, -0.2) is 0 Å². The summed E-state index contributed by atoms with van der Waals surface area (Å²) in [6.07, 6.45) is 5.09. The van der Waals surface area contributed by atoms with E-state index in [9.17, 15) is 4.79 Å². The van der Waals surface area contributed by atoms with Gasteiger partial charge < -0.3 is 9.88 Å². The topological polar surface area (TPSA) is 75.9 Å². The molecule has 5 rings (SSSR count). The minimum atomic E-state index is -0.174. The van der Waals surface area contributed by atoms with Crippen molar-refractivity contribution in [1.82, 2.24) is 30.0 Å². The second-order valence-corrected chi connectivity index (χ2v) is 8.11. The van der Waals surface area contributed by atoms with Crippen molar-refractivity contribution in [3.63, 3.8) is 0 Å². The maximum absolute atomic E-state index is 12.8. The normalized spacial score (nSPS) is 18.7. The van der Waals surface area contributed by atoms with Crippen molar-refractivity contribution in [3.8, 4) is 0 Å². The Morgan fingerprint density at radius 1 is 1.03 bits per heavy atom. The Morgan fingerprint density at radius 2 is 1.87 bits per heavy atom. The zero-order valence-corrected chi connectivity index (χ0v) is 16.9. The quantitative estimate of drug-likeness (QED) is 0.657. The molecule has 1 aliphatic carbocycles. The van der Waals surface area contributed by atoms with E-state index in [2.05, 4.69) is 49.7 Å². The molecule has 7 heteroatoms. The van der Waals surface area contributed by atoms with Crippen LogP contribution in [-0.4, -0.2) is 50.2 Å². The van der Waals surface area contributed by atoms with Gasteiger partial charge in [-0.1, -0.05) is 36.4 Å². The predicted molar refractivity (Wildman–Crippen MR) is 113 cm³/mol. The summed E-state index contributed by atoms with van der Waals surface area (Å²) in [5.74, 6) is 1.88. The van der Waals surface area contributed by atoms with Crippen LogP contribution in [0.4, 0.5) is 0 Å². The molecule has 1 amide bonds.